The molecule has 1 aliphatic carbocycles. The second kappa shape index (κ2) is 7.65. The first-order valence-electron chi connectivity index (χ1n) is 9.45. The van der Waals surface area contributed by atoms with Gasteiger partial charge >= 0.3 is 0 Å². The van der Waals surface area contributed by atoms with E-state index in [-0.39, 0.29) is 5.41 Å². The van der Waals surface area contributed by atoms with Gasteiger partial charge in [-0.2, -0.15) is 0 Å². The van der Waals surface area contributed by atoms with Crippen molar-refractivity contribution in [2.24, 2.45) is 16.3 Å². The Kier molecular flexibility index (Phi) is 5.52. The van der Waals surface area contributed by atoms with E-state index in [2.05, 4.69) is 37.5 Å². The first kappa shape index (κ1) is 18.1. The van der Waals surface area contributed by atoms with Crippen molar-refractivity contribution in [3.05, 3.63) is 29.8 Å². The van der Waals surface area contributed by atoms with Crippen molar-refractivity contribution in [3.8, 4) is 5.75 Å². The van der Waals surface area contributed by atoms with Crippen LogP contribution in [0.15, 0.2) is 29.3 Å². The van der Waals surface area contributed by atoms with E-state index < -0.39 is 0 Å². The lowest BCUT2D eigenvalue weighted by atomic mass is 9.57. The minimum Gasteiger partial charge on any atom is -0.494 e. The number of ether oxygens (including phenoxy) is 2. The number of hydrogen-bond acceptors (Lipinski definition) is 3. The number of para-hydroxylation sites is 1. The Morgan fingerprint density at radius 1 is 1.32 bits per heavy atom. The number of nitrogens with zero attached hydrogens (tertiary/aromatic N) is 1. The fourth-order valence-electron chi connectivity index (χ4n) is 4.18. The molecular formula is C20H31N3O2. The topological polar surface area (TPSA) is 54.9 Å². The van der Waals surface area contributed by atoms with Gasteiger partial charge in [0, 0.05) is 36.1 Å². The lowest BCUT2D eigenvalue weighted by Gasteiger charge is -2.54. The molecule has 1 aromatic carbocycles. The van der Waals surface area contributed by atoms with E-state index >= 15 is 0 Å². The zero-order valence-electron chi connectivity index (χ0n) is 15.8. The van der Waals surface area contributed by atoms with Crippen LogP contribution in [0.2, 0.25) is 0 Å². The summed E-state index contributed by atoms with van der Waals surface area (Å²) in [7, 11) is 0. The fourth-order valence-corrected chi connectivity index (χ4v) is 4.18. The fraction of sp³-hybridized carbons (Fsp3) is 0.650. The number of guanidine groups is 1. The van der Waals surface area contributed by atoms with E-state index in [4.69, 9.17) is 14.5 Å². The lowest BCUT2D eigenvalue weighted by molar-refractivity contribution is -0.106. The van der Waals surface area contributed by atoms with E-state index in [9.17, 15) is 0 Å². The molecule has 138 valence electrons. The maximum absolute atomic E-state index is 5.89. The number of benzene rings is 1. The third-order valence-electron chi connectivity index (χ3n) is 5.42. The first-order valence-corrected chi connectivity index (χ1v) is 9.45. The minimum absolute atomic E-state index is 0.139. The number of nitrogens with one attached hydrogen (secondary N) is 2. The van der Waals surface area contributed by atoms with E-state index in [0.29, 0.717) is 31.2 Å². The summed E-state index contributed by atoms with van der Waals surface area (Å²) in [4.78, 5) is 4.80. The third-order valence-corrected chi connectivity index (χ3v) is 5.42. The highest BCUT2D eigenvalue weighted by Gasteiger charge is 2.59. The molecule has 2 fully saturated rings. The zero-order chi connectivity index (χ0) is 17.9. The molecule has 0 aromatic heterocycles. The van der Waals surface area contributed by atoms with Gasteiger partial charge in [-0.1, -0.05) is 32.0 Å². The van der Waals surface area contributed by atoms with Crippen LogP contribution in [0, 0.1) is 11.3 Å². The van der Waals surface area contributed by atoms with Crippen LogP contribution in [0.25, 0.3) is 0 Å². The van der Waals surface area contributed by atoms with Crippen LogP contribution in [-0.4, -0.2) is 37.9 Å². The summed E-state index contributed by atoms with van der Waals surface area (Å²) in [6.45, 7) is 11.7. The molecule has 1 saturated heterocycles. The van der Waals surface area contributed by atoms with Gasteiger partial charge in [0.2, 0.25) is 0 Å². The zero-order valence-corrected chi connectivity index (χ0v) is 15.8. The second-order valence-corrected chi connectivity index (χ2v) is 7.42. The Morgan fingerprint density at radius 3 is 2.88 bits per heavy atom. The second-order valence-electron chi connectivity index (χ2n) is 7.42. The highest BCUT2D eigenvalue weighted by Crippen LogP contribution is 2.52. The molecule has 0 spiro atoms. The number of rotatable bonds is 6. The van der Waals surface area contributed by atoms with Crippen LogP contribution in [0.3, 0.4) is 0 Å². The highest BCUT2D eigenvalue weighted by molar-refractivity contribution is 5.80. The molecule has 2 aliphatic rings. The normalized spacial score (nSPS) is 27.4. The minimum atomic E-state index is 0.139. The average molecular weight is 345 g/mol. The summed E-state index contributed by atoms with van der Waals surface area (Å²) >= 11 is 0. The molecule has 25 heavy (non-hydrogen) atoms. The summed E-state index contributed by atoms with van der Waals surface area (Å²) in [5, 5.41) is 7.03. The van der Waals surface area contributed by atoms with Gasteiger partial charge in [-0.25, -0.2) is 4.99 Å². The molecule has 5 heteroatoms. The smallest absolute Gasteiger partial charge is 0.191 e. The third kappa shape index (κ3) is 3.61. The predicted molar refractivity (Wildman–Crippen MR) is 101 cm³/mol. The van der Waals surface area contributed by atoms with Gasteiger partial charge in [0.1, 0.15) is 5.75 Å². The van der Waals surface area contributed by atoms with Gasteiger partial charge in [-0.3, -0.25) is 0 Å². The van der Waals surface area contributed by atoms with Gasteiger partial charge < -0.3 is 20.1 Å². The Hall–Kier alpha value is -1.75. The molecule has 3 unspecified atom stereocenters. The van der Waals surface area contributed by atoms with Gasteiger partial charge in [0.05, 0.1) is 19.3 Å². The molecule has 1 aromatic rings. The van der Waals surface area contributed by atoms with Gasteiger partial charge in [0.25, 0.3) is 0 Å². The molecule has 3 rings (SSSR count). The molecule has 1 heterocycles. The summed E-state index contributed by atoms with van der Waals surface area (Å²) in [5.41, 5.74) is 1.25. The molecular weight excluding hydrogens is 314 g/mol. The Labute approximate surface area is 151 Å². The summed E-state index contributed by atoms with van der Waals surface area (Å²) in [6, 6.07) is 8.51. The van der Waals surface area contributed by atoms with E-state index in [1.807, 2.05) is 25.1 Å². The molecule has 0 amide bonds. The number of hydrogen-bond donors (Lipinski definition) is 2. The van der Waals surface area contributed by atoms with Crippen molar-refractivity contribution >= 4 is 5.96 Å². The predicted octanol–water partition coefficient (Wildman–Crippen LogP) is 2.95. The van der Waals surface area contributed by atoms with Gasteiger partial charge in [0.15, 0.2) is 5.96 Å². The van der Waals surface area contributed by atoms with Crippen LogP contribution in [-0.2, 0) is 11.3 Å². The van der Waals surface area contributed by atoms with Crippen LogP contribution in [0.5, 0.6) is 5.75 Å². The molecule has 5 nitrogen and oxygen atoms in total. The number of aliphatic imine (C=N–C) groups is 1. The van der Waals surface area contributed by atoms with Crippen LogP contribution < -0.4 is 15.4 Å². The van der Waals surface area contributed by atoms with Crippen molar-refractivity contribution < 1.29 is 9.47 Å². The van der Waals surface area contributed by atoms with E-state index in [1.165, 1.54) is 0 Å². The molecule has 3 atom stereocenters. The van der Waals surface area contributed by atoms with Crippen LogP contribution in [0.4, 0.5) is 0 Å². The Morgan fingerprint density at radius 2 is 2.12 bits per heavy atom. The van der Waals surface area contributed by atoms with Gasteiger partial charge in [-0.15, -0.1) is 0 Å². The summed E-state index contributed by atoms with van der Waals surface area (Å²) < 4.78 is 11.6. The highest BCUT2D eigenvalue weighted by atomic mass is 16.5. The quantitative estimate of drug-likeness (QED) is 0.615. The largest absolute Gasteiger partial charge is 0.494 e. The van der Waals surface area contributed by atoms with E-state index in [0.717, 1.165) is 36.8 Å². The van der Waals surface area contributed by atoms with E-state index in [1.54, 1.807) is 0 Å². The van der Waals surface area contributed by atoms with Crippen molar-refractivity contribution in [2.75, 3.05) is 19.8 Å². The Bertz CT molecular complexity index is 615. The molecule has 1 saturated carbocycles. The monoisotopic (exact) mass is 345 g/mol. The van der Waals surface area contributed by atoms with Crippen molar-refractivity contribution in [3.63, 3.8) is 0 Å². The Balaban J connectivity index is 1.70. The first-order chi connectivity index (χ1) is 12.1. The maximum atomic E-state index is 5.89. The van der Waals surface area contributed by atoms with Crippen molar-refractivity contribution in [1.82, 2.24) is 10.6 Å². The SMILES string of the molecule is CCNC(=NCc1ccccc1OCC)NC1C2CCOC2C1(C)C. The standard InChI is InChI=1S/C20H31N3O2/c1-5-21-19(22-13-14-9-7-8-10-16(14)24-6-2)23-17-15-11-12-25-18(15)20(17,3)4/h7-10,15,17-18H,5-6,11-13H2,1-4H3,(H2,21,22,23). The van der Waals surface area contributed by atoms with Crippen LogP contribution in [0.1, 0.15) is 39.7 Å². The van der Waals surface area contributed by atoms with Crippen LogP contribution >= 0.6 is 0 Å². The maximum Gasteiger partial charge on any atom is 0.191 e. The van der Waals surface area contributed by atoms with Gasteiger partial charge in [-0.05, 0) is 26.3 Å². The van der Waals surface area contributed by atoms with Crippen molar-refractivity contribution in [1.29, 1.82) is 0 Å². The molecule has 2 N–H and O–H groups in total. The summed E-state index contributed by atoms with van der Waals surface area (Å²) in [5.74, 6) is 2.38. The number of fused-ring (bicyclic) bond motifs is 1. The average Bonchev–Trinajstić information content (AvgIpc) is 3.06. The molecule has 0 radical (unpaired) electrons. The molecule has 1 aliphatic heterocycles. The van der Waals surface area contributed by atoms with Crippen molar-refractivity contribution in [2.45, 2.75) is 52.8 Å². The molecule has 0 bridgehead atoms. The lowest BCUT2D eigenvalue weighted by Crippen LogP contribution is -2.67. The summed E-state index contributed by atoms with van der Waals surface area (Å²) in [6.07, 6.45) is 1.52.